The van der Waals surface area contributed by atoms with E-state index in [0.717, 1.165) is 0 Å². The van der Waals surface area contributed by atoms with Gasteiger partial charge in [0.1, 0.15) is 5.76 Å². The number of allylic oxidation sites excluding steroid dienone is 1. The summed E-state index contributed by atoms with van der Waals surface area (Å²) in [5.41, 5.74) is 0.190. The Hall–Kier alpha value is -1.32. The van der Waals surface area contributed by atoms with Crippen LogP contribution in [0.2, 0.25) is 0 Å². The molecule has 2 N–H and O–H groups in total. The van der Waals surface area contributed by atoms with Crippen LogP contribution in [-0.4, -0.2) is 31.3 Å². The van der Waals surface area contributed by atoms with Crippen molar-refractivity contribution in [2.45, 2.75) is 6.92 Å². The highest BCUT2D eigenvalue weighted by molar-refractivity contribution is 6.12. The molecule has 0 unspecified atom stereocenters. The van der Waals surface area contributed by atoms with Crippen molar-refractivity contribution in [3.8, 4) is 0 Å². The van der Waals surface area contributed by atoms with Crippen molar-refractivity contribution in [3.63, 3.8) is 0 Å². The van der Waals surface area contributed by atoms with Gasteiger partial charge in [-0.3, -0.25) is 9.79 Å². The van der Waals surface area contributed by atoms with Crippen molar-refractivity contribution in [1.82, 2.24) is 5.32 Å². The molecule has 0 aromatic rings. The van der Waals surface area contributed by atoms with Gasteiger partial charge in [-0.05, 0) is 6.92 Å². The van der Waals surface area contributed by atoms with Crippen LogP contribution in [0.5, 0.6) is 0 Å². The number of rotatable bonds is 2. The number of nitrogens with one attached hydrogen (secondary N) is 1. The van der Waals surface area contributed by atoms with E-state index in [2.05, 4.69) is 10.3 Å². The number of carbonyl (C=O) groups is 1. The second-order valence-electron chi connectivity index (χ2n) is 1.97. The highest BCUT2D eigenvalue weighted by Gasteiger charge is 2.06. The van der Waals surface area contributed by atoms with Crippen LogP contribution in [0.4, 0.5) is 0 Å². The number of likely N-dealkylation sites (N-methyl/N-ethyl adjacent to an activating group) is 1. The Balaban J connectivity index is 4.63. The van der Waals surface area contributed by atoms with Crippen molar-refractivity contribution >= 4 is 12.1 Å². The van der Waals surface area contributed by atoms with Gasteiger partial charge in [0.2, 0.25) is 0 Å². The lowest BCUT2D eigenvalue weighted by molar-refractivity contribution is -0.116. The summed E-state index contributed by atoms with van der Waals surface area (Å²) < 4.78 is 0. The molecule has 0 aliphatic rings. The molecule has 0 atom stereocenters. The number of hydrogen-bond donors (Lipinski definition) is 2. The fourth-order valence-corrected chi connectivity index (χ4v) is 0.580. The maximum absolute atomic E-state index is 10.9. The monoisotopic (exact) mass is 156 g/mol. The third-order valence-corrected chi connectivity index (χ3v) is 1.12. The molecule has 0 heterocycles. The standard InChI is InChI=1S/C7H12N2O2/c1-5(10)6(4-8-2)7(11)9-3/h4,10H,1-3H3,(H,9,11)/b6-5-,8-4?. The molecular weight excluding hydrogens is 144 g/mol. The summed E-state index contributed by atoms with van der Waals surface area (Å²) >= 11 is 0. The van der Waals surface area contributed by atoms with E-state index in [1.807, 2.05) is 0 Å². The smallest absolute Gasteiger partial charge is 0.255 e. The average Bonchev–Trinajstić information content (AvgIpc) is 1.98. The molecule has 4 nitrogen and oxygen atoms in total. The number of amides is 1. The number of hydrogen-bond acceptors (Lipinski definition) is 3. The number of nitrogens with zero attached hydrogens (tertiary/aromatic N) is 1. The molecule has 0 aromatic carbocycles. The van der Waals surface area contributed by atoms with Crippen LogP contribution in [0, 0.1) is 0 Å². The van der Waals surface area contributed by atoms with Crippen LogP contribution in [-0.2, 0) is 4.79 Å². The molecule has 11 heavy (non-hydrogen) atoms. The summed E-state index contributed by atoms with van der Waals surface area (Å²) in [6.45, 7) is 1.44. The highest BCUT2D eigenvalue weighted by Crippen LogP contribution is 1.96. The first-order valence-corrected chi connectivity index (χ1v) is 3.17. The van der Waals surface area contributed by atoms with Crippen molar-refractivity contribution in [3.05, 3.63) is 11.3 Å². The van der Waals surface area contributed by atoms with Gasteiger partial charge in [-0.25, -0.2) is 0 Å². The fraction of sp³-hybridized carbons (Fsp3) is 0.429. The van der Waals surface area contributed by atoms with Gasteiger partial charge < -0.3 is 10.4 Å². The molecule has 0 fully saturated rings. The van der Waals surface area contributed by atoms with E-state index in [9.17, 15) is 4.79 Å². The van der Waals surface area contributed by atoms with Crippen molar-refractivity contribution < 1.29 is 9.90 Å². The molecule has 0 aliphatic carbocycles. The molecule has 4 heteroatoms. The van der Waals surface area contributed by atoms with Gasteiger partial charge in [0, 0.05) is 20.3 Å². The zero-order valence-corrected chi connectivity index (χ0v) is 6.88. The number of carbonyl (C=O) groups excluding carboxylic acids is 1. The zero-order chi connectivity index (χ0) is 8.85. The van der Waals surface area contributed by atoms with Gasteiger partial charge in [0.05, 0.1) is 5.57 Å². The SMILES string of the molecule is CN=C/C(C(=O)NC)=C(\C)O. The van der Waals surface area contributed by atoms with E-state index in [1.165, 1.54) is 27.2 Å². The molecule has 0 radical (unpaired) electrons. The van der Waals surface area contributed by atoms with E-state index in [0.29, 0.717) is 0 Å². The van der Waals surface area contributed by atoms with E-state index in [4.69, 9.17) is 5.11 Å². The maximum atomic E-state index is 10.9. The lowest BCUT2D eigenvalue weighted by atomic mass is 10.2. The Labute approximate surface area is 65.6 Å². The van der Waals surface area contributed by atoms with E-state index >= 15 is 0 Å². The summed E-state index contributed by atoms with van der Waals surface area (Å²) in [6.07, 6.45) is 1.31. The zero-order valence-electron chi connectivity index (χ0n) is 6.88. The second-order valence-corrected chi connectivity index (χ2v) is 1.97. The van der Waals surface area contributed by atoms with Gasteiger partial charge in [-0.2, -0.15) is 0 Å². The molecule has 1 amide bonds. The average molecular weight is 156 g/mol. The molecule has 0 spiro atoms. The number of aliphatic hydroxyl groups is 1. The number of aliphatic hydroxyl groups excluding tert-OH is 1. The van der Waals surface area contributed by atoms with Crippen LogP contribution in [0.3, 0.4) is 0 Å². The van der Waals surface area contributed by atoms with Gasteiger partial charge >= 0.3 is 0 Å². The van der Waals surface area contributed by atoms with Crippen LogP contribution in [0.1, 0.15) is 6.92 Å². The summed E-state index contributed by atoms with van der Waals surface area (Å²) in [4.78, 5) is 14.5. The molecular formula is C7H12N2O2. The molecule has 0 saturated heterocycles. The Kier molecular flexibility index (Phi) is 3.95. The molecule has 62 valence electrons. The van der Waals surface area contributed by atoms with E-state index in [-0.39, 0.29) is 17.2 Å². The summed E-state index contributed by atoms with van der Waals surface area (Å²) in [5.74, 6) is -0.370. The molecule has 0 aromatic heterocycles. The van der Waals surface area contributed by atoms with Crippen molar-refractivity contribution in [2.24, 2.45) is 4.99 Å². The first kappa shape index (κ1) is 9.68. The van der Waals surface area contributed by atoms with Crippen molar-refractivity contribution in [2.75, 3.05) is 14.1 Å². The van der Waals surface area contributed by atoms with Crippen LogP contribution in [0.15, 0.2) is 16.3 Å². The Morgan fingerprint density at radius 3 is 2.45 bits per heavy atom. The molecule has 0 aliphatic heterocycles. The third-order valence-electron chi connectivity index (χ3n) is 1.12. The minimum absolute atomic E-state index is 0.0325. The van der Waals surface area contributed by atoms with Crippen LogP contribution >= 0.6 is 0 Å². The molecule has 0 bridgehead atoms. The summed E-state index contributed by atoms with van der Waals surface area (Å²) in [7, 11) is 3.03. The van der Waals surface area contributed by atoms with Gasteiger partial charge in [-0.15, -0.1) is 0 Å². The number of aliphatic imine (C=N–C) groups is 1. The summed E-state index contributed by atoms with van der Waals surface area (Å²) in [5, 5.41) is 11.4. The first-order chi connectivity index (χ1) is 5.13. The van der Waals surface area contributed by atoms with Gasteiger partial charge in [0.25, 0.3) is 5.91 Å². The molecule has 0 saturated carbocycles. The van der Waals surface area contributed by atoms with Crippen molar-refractivity contribution in [1.29, 1.82) is 0 Å². The topological polar surface area (TPSA) is 61.7 Å². The summed E-state index contributed by atoms with van der Waals surface area (Å²) in [6, 6.07) is 0. The largest absolute Gasteiger partial charge is 0.512 e. The lowest BCUT2D eigenvalue weighted by Gasteiger charge is -1.99. The normalized spacial score (nSPS) is 13.0. The van der Waals surface area contributed by atoms with Gasteiger partial charge in [0.15, 0.2) is 0 Å². The minimum Gasteiger partial charge on any atom is -0.512 e. The Morgan fingerprint density at radius 1 is 1.64 bits per heavy atom. The lowest BCUT2D eigenvalue weighted by Crippen LogP contribution is -2.21. The highest BCUT2D eigenvalue weighted by atomic mass is 16.3. The predicted molar refractivity (Wildman–Crippen MR) is 43.8 cm³/mol. The Bertz CT molecular complexity index is 202. The van der Waals surface area contributed by atoms with Crippen LogP contribution < -0.4 is 5.32 Å². The third kappa shape index (κ3) is 2.84. The second kappa shape index (κ2) is 4.49. The first-order valence-electron chi connectivity index (χ1n) is 3.17. The van der Waals surface area contributed by atoms with Gasteiger partial charge in [-0.1, -0.05) is 0 Å². The van der Waals surface area contributed by atoms with E-state index < -0.39 is 0 Å². The Morgan fingerprint density at radius 2 is 2.18 bits per heavy atom. The predicted octanol–water partition coefficient (Wildman–Crippen LogP) is 0.265. The molecule has 0 rings (SSSR count). The minimum atomic E-state index is -0.337. The quantitative estimate of drug-likeness (QED) is 0.342. The fourth-order valence-electron chi connectivity index (χ4n) is 0.580. The maximum Gasteiger partial charge on any atom is 0.255 e. The van der Waals surface area contributed by atoms with Crippen LogP contribution in [0.25, 0.3) is 0 Å². The van der Waals surface area contributed by atoms with E-state index in [1.54, 1.807) is 0 Å².